The van der Waals surface area contributed by atoms with E-state index in [4.69, 9.17) is 10.5 Å². The Bertz CT molecular complexity index is 687. The minimum absolute atomic E-state index is 0. The Hall–Kier alpha value is -2.42. The fourth-order valence-electron chi connectivity index (χ4n) is 2.01. The normalized spacial score (nSPS) is 10.0. The maximum Gasteiger partial charge on any atom is 0.255 e. The summed E-state index contributed by atoms with van der Waals surface area (Å²) in [6, 6.07) is 7.04. The lowest BCUT2D eigenvalue weighted by Crippen LogP contribution is -2.30. The van der Waals surface area contributed by atoms with Gasteiger partial charge in [0.2, 0.25) is 5.91 Å². The number of benzene rings is 1. The molecule has 0 radical (unpaired) electrons. The van der Waals surface area contributed by atoms with Gasteiger partial charge in [-0.1, -0.05) is 12.1 Å². The molecule has 0 aliphatic heterocycles. The number of halogens is 1. The van der Waals surface area contributed by atoms with Crippen LogP contribution in [0.2, 0.25) is 0 Å². The van der Waals surface area contributed by atoms with E-state index in [0.29, 0.717) is 30.9 Å². The summed E-state index contributed by atoms with van der Waals surface area (Å²) in [5.74, 6) is -0.423. The van der Waals surface area contributed by atoms with Gasteiger partial charge in [0, 0.05) is 32.0 Å². The van der Waals surface area contributed by atoms with Crippen molar-refractivity contribution in [3.63, 3.8) is 0 Å². The highest BCUT2D eigenvalue weighted by molar-refractivity contribution is 6.04. The van der Waals surface area contributed by atoms with E-state index in [0.717, 1.165) is 5.56 Å². The number of hydrogen-bond acceptors (Lipinski definition) is 5. The molecular weight excluding hydrogens is 346 g/mol. The molecule has 0 saturated carbocycles. The summed E-state index contributed by atoms with van der Waals surface area (Å²) in [7, 11) is 1.57. The van der Waals surface area contributed by atoms with Crippen LogP contribution in [0.3, 0.4) is 0 Å². The molecule has 0 fully saturated rings. The lowest BCUT2D eigenvalue weighted by atomic mass is 10.1. The van der Waals surface area contributed by atoms with Gasteiger partial charge in [0.15, 0.2) is 0 Å². The lowest BCUT2D eigenvalue weighted by molar-refractivity contribution is -0.122. The molecular formula is C16H22ClN5O3. The Kier molecular flexibility index (Phi) is 8.62. The molecule has 25 heavy (non-hydrogen) atoms. The molecule has 4 N–H and O–H groups in total. The van der Waals surface area contributed by atoms with Crippen molar-refractivity contribution in [2.24, 2.45) is 5.73 Å². The van der Waals surface area contributed by atoms with Gasteiger partial charge < -0.3 is 21.1 Å². The number of carbonyl (C=O) groups excluding carboxylic acids is 2. The number of rotatable bonds is 8. The van der Waals surface area contributed by atoms with Gasteiger partial charge in [0.1, 0.15) is 6.54 Å². The monoisotopic (exact) mass is 367 g/mol. The standard InChI is InChI=1S/C16H21N5O3.ClH/c1-24-7-6-18-15(22)11-21-10-14(9-19-21)20-16(23)13-4-2-12(8-17)3-5-13;/h2-5,9-10H,6-8,11,17H2,1H3,(H,18,22)(H,20,23);1H. The van der Waals surface area contributed by atoms with Crippen molar-refractivity contribution in [3.8, 4) is 0 Å². The third-order valence-electron chi connectivity index (χ3n) is 3.28. The Balaban J connectivity index is 0.00000312. The number of nitrogens with zero attached hydrogens (tertiary/aromatic N) is 2. The molecule has 136 valence electrons. The first-order valence-electron chi connectivity index (χ1n) is 7.51. The summed E-state index contributed by atoms with van der Waals surface area (Å²) in [5, 5.41) is 9.48. The van der Waals surface area contributed by atoms with Crippen molar-refractivity contribution in [1.29, 1.82) is 0 Å². The zero-order chi connectivity index (χ0) is 17.4. The van der Waals surface area contributed by atoms with Gasteiger partial charge in [0.25, 0.3) is 5.91 Å². The fourth-order valence-corrected chi connectivity index (χ4v) is 2.01. The molecule has 0 spiro atoms. The first kappa shape index (κ1) is 20.6. The quantitative estimate of drug-likeness (QED) is 0.597. The molecule has 2 rings (SSSR count). The van der Waals surface area contributed by atoms with E-state index in [1.807, 2.05) is 12.1 Å². The van der Waals surface area contributed by atoms with Crippen molar-refractivity contribution < 1.29 is 14.3 Å². The van der Waals surface area contributed by atoms with Crippen LogP contribution in [0, 0.1) is 0 Å². The van der Waals surface area contributed by atoms with Crippen LogP contribution in [-0.2, 0) is 22.6 Å². The SMILES string of the molecule is COCCNC(=O)Cn1cc(NC(=O)c2ccc(CN)cc2)cn1.Cl. The first-order valence-corrected chi connectivity index (χ1v) is 7.51. The number of ether oxygens (including phenoxy) is 1. The molecule has 1 aromatic heterocycles. The summed E-state index contributed by atoms with van der Waals surface area (Å²) in [6.45, 7) is 1.40. The average Bonchev–Trinajstić information content (AvgIpc) is 3.02. The summed E-state index contributed by atoms with van der Waals surface area (Å²) < 4.78 is 6.31. The Labute approximate surface area is 152 Å². The number of nitrogens with one attached hydrogen (secondary N) is 2. The second kappa shape index (κ2) is 10.4. The van der Waals surface area contributed by atoms with E-state index in [-0.39, 0.29) is 30.8 Å². The van der Waals surface area contributed by atoms with Gasteiger partial charge in [0.05, 0.1) is 18.5 Å². The molecule has 0 bridgehead atoms. The molecule has 0 saturated heterocycles. The second-order valence-corrected chi connectivity index (χ2v) is 5.12. The highest BCUT2D eigenvalue weighted by Crippen LogP contribution is 2.09. The van der Waals surface area contributed by atoms with Gasteiger partial charge in [-0.05, 0) is 17.7 Å². The van der Waals surface area contributed by atoms with Crippen molar-refractivity contribution in [3.05, 3.63) is 47.8 Å². The average molecular weight is 368 g/mol. The smallest absolute Gasteiger partial charge is 0.255 e. The molecule has 1 aromatic carbocycles. The van der Waals surface area contributed by atoms with Crippen molar-refractivity contribution in [2.45, 2.75) is 13.1 Å². The van der Waals surface area contributed by atoms with Crippen LogP contribution in [0.15, 0.2) is 36.7 Å². The molecule has 2 amide bonds. The maximum atomic E-state index is 12.1. The number of nitrogens with two attached hydrogens (primary N) is 1. The number of hydrogen-bond donors (Lipinski definition) is 3. The summed E-state index contributed by atoms with van der Waals surface area (Å²) in [6.07, 6.45) is 3.09. The van der Waals surface area contributed by atoms with Crippen LogP contribution in [0.4, 0.5) is 5.69 Å². The molecule has 2 aromatic rings. The van der Waals surface area contributed by atoms with E-state index in [9.17, 15) is 9.59 Å². The number of carbonyl (C=O) groups is 2. The van der Waals surface area contributed by atoms with Gasteiger partial charge in [-0.25, -0.2) is 0 Å². The number of amides is 2. The van der Waals surface area contributed by atoms with Crippen molar-refractivity contribution in [1.82, 2.24) is 15.1 Å². The van der Waals surface area contributed by atoms with E-state index in [1.165, 1.54) is 10.9 Å². The van der Waals surface area contributed by atoms with Gasteiger partial charge in [-0.3, -0.25) is 14.3 Å². The molecule has 0 unspecified atom stereocenters. The minimum atomic E-state index is -0.248. The van der Waals surface area contributed by atoms with Crippen LogP contribution >= 0.6 is 12.4 Å². The first-order chi connectivity index (χ1) is 11.6. The predicted molar refractivity (Wildman–Crippen MR) is 96.6 cm³/mol. The van der Waals surface area contributed by atoms with E-state index in [2.05, 4.69) is 15.7 Å². The zero-order valence-corrected chi connectivity index (χ0v) is 14.7. The molecule has 1 heterocycles. The predicted octanol–water partition coefficient (Wildman–Crippen LogP) is 0.778. The summed E-state index contributed by atoms with van der Waals surface area (Å²) in [4.78, 5) is 23.8. The third kappa shape index (κ3) is 6.54. The van der Waals surface area contributed by atoms with Gasteiger partial charge in [-0.15, -0.1) is 12.4 Å². The van der Waals surface area contributed by atoms with Crippen LogP contribution in [0.1, 0.15) is 15.9 Å². The second-order valence-electron chi connectivity index (χ2n) is 5.12. The van der Waals surface area contributed by atoms with Crippen LogP contribution in [-0.4, -0.2) is 41.9 Å². The Morgan fingerprint density at radius 3 is 2.64 bits per heavy atom. The summed E-state index contributed by atoms with van der Waals surface area (Å²) in [5.41, 5.74) is 7.53. The molecule has 9 heteroatoms. The van der Waals surface area contributed by atoms with E-state index < -0.39 is 0 Å². The number of methoxy groups -OCH3 is 1. The summed E-state index contributed by atoms with van der Waals surface area (Å²) >= 11 is 0. The van der Waals surface area contributed by atoms with E-state index in [1.54, 1.807) is 25.4 Å². The highest BCUT2D eigenvalue weighted by Gasteiger charge is 2.09. The molecule has 0 aliphatic rings. The van der Waals surface area contributed by atoms with E-state index >= 15 is 0 Å². The molecule has 0 atom stereocenters. The Morgan fingerprint density at radius 2 is 2.00 bits per heavy atom. The molecule has 8 nitrogen and oxygen atoms in total. The minimum Gasteiger partial charge on any atom is -0.383 e. The zero-order valence-electron chi connectivity index (χ0n) is 13.9. The largest absolute Gasteiger partial charge is 0.383 e. The van der Waals surface area contributed by atoms with Crippen LogP contribution < -0.4 is 16.4 Å². The highest BCUT2D eigenvalue weighted by atomic mass is 35.5. The fraction of sp³-hybridized carbons (Fsp3) is 0.312. The number of aromatic nitrogens is 2. The maximum absolute atomic E-state index is 12.1. The van der Waals surface area contributed by atoms with Gasteiger partial charge in [-0.2, -0.15) is 5.10 Å². The van der Waals surface area contributed by atoms with Crippen LogP contribution in [0.25, 0.3) is 0 Å². The van der Waals surface area contributed by atoms with Crippen molar-refractivity contribution >= 4 is 29.9 Å². The Morgan fingerprint density at radius 1 is 1.28 bits per heavy atom. The molecule has 0 aliphatic carbocycles. The third-order valence-corrected chi connectivity index (χ3v) is 3.28. The van der Waals surface area contributed by atoms with Crippen molar-refractivity contribution in [2.75, 3.05) is 25.6 Å². The topological polar surface area (TPSA) is 111 Å². The lowest BCUT2D eigenvalue weighted by Gasteiger charge is -2.05. The number of anilines is 1. The van der Waals surface area contributed by atoms with Gasteiger partial charge >= 0.3 is 0 Å². The van der Waals surface area contributed by atoms with Crippen LogP contribution in [0.5, 0.6) is 0 Å².